The Balaban J connectivity index is 5.13. The lowest BCUT2D eigenvalue weighted by atomic mass is 9.86. The summed E-state index contributed by atoms with van der Waals surface area (Å²) in [6, 6.07) is -0.635. The molecule has 1 unspecified atom stereocenters. The number of carbonyl (C=O) groups excluding carboxylic acids is 2. The first-order chi connectivity index (χ1) is 14.5. The van der Waals surface area contributed by atoms with Gasteiger partial charge in [0, 0.05) is 29.6 Å². The van der Waals surface area contributed by atoms with Crippen molar-refractivity contribution in [3.05, 3.63) is 0 Å². The van der Waals surface area contributed by atoms with Crippen molar-refractivity contribution in [3.63, 3.8) is 0 Å². The van der Waals surface area contributed by atoms with Gasteiger partial charge in [0.1, 0.15) is 6.04 Å². The summed E-state index contributed by atoms with van der Waals surface area (Å²) in [7, 11) is 1.97. The zero-order chi connectivity index (χ0) is 26.5. The minimum Gasteiger partial charge on any atom is -0.375 e. The summed E-state index contributed by atoms with van der Waals surface area (Å²) in [6.07, 6.45) is 2.77. The number of rotatable bonds is 11. The number of nitrogens with zero attached hydrogens (tertiary/aromatic N) is 1. The second-order valence-electron chi connectivity index (χ2n) is 14.1. The van der Waals surface area contributed by atoms with E-state index in [4.69, 9.17) is 4.74 Å². The molecule has 0 radical (unpaired) electrons. The summed E-state index contributed by atoms with van der Waals surface area (Å²) < 4.78 is 6.19. The molecule has 196 valence electrons. The average Bonchev–Trinajstić information content (AvgIpc) is 2.56. The summed E-state index contributed by atoms with van der Waals surface area (Å²) in [5, 5.41) is 6.12. The third-order valence-corrected chi connectivity index (χ3v) is 6.06. The van der Waals surface area contributed by atoms with Crippen molar-refractivity contribution in [1.82, 2.24) is 15.5 Å². The molecule has 0 rings (SSSR count). The maximum Gasteiger partial charge on any atom is 0.244 e. The van der Waals surface area contributed by atoms with E-state index in [9.17, 15) is 9.59 Å². The summed E-state index contributed by atoms with van der Waals surface area (Å²) in [5.41, 5.74) is -1.07. The van der Waals surface area contributed by atoms with E-state index in [1.165, 1.54) is 0 Å². The van der Waals surface area contributed by atoms with Gasteiger partial charge in [-0.2, -0.15) is 0 Å². The van der Waals surface area contributed by atoms with Gasteiger partial charge >= 0.3 is 0 Å². The number of amides is 2. The molecule has 6 heteroatoms. The van der Waals surface area contributed by atoms with Crippen molar-refractivity contribution >= 4 is 11.8 Å². The highest BCUT2D eigenvalue weighted by molar-refractivity contribution is 5.90. The van der Waals surface area contributed by atoms with Crippen molar-refractivity contribution < 1.29 is 14.3 Å². The first-order valence-corrected chi connectivity index (χ1v) is 12.4. The van der Waals surface area contributed by atoms with Crippen LogP contribution in [0.1, 0.15) is 109 Å². The third kappa shape index (κ3) is 14.0. The Morgan fingerprint density at radius 2 is 1.33 bits per heavy atom. The van der Waals surface area contributed by atoms with Gasteiger partial charge in [-0.1, -0.05) is 41.5 Å². The zero-order valence-electron chi connectivity index (χ0n) is 24.3. The van der Waals surface area contributed by atoms with E-state index in [1.807, 2.05) is 41.7 Å². The SMILES string of the molecule is CN(CC(NC(=O)C(C)(C)C)C(=O)NC(C)(C)CCOC(C)(C)CCC(C)(C)C)C(C)(C)C. The summed E-state index contributed by atoms with van der Waals surface area (Å²) in [4.78, 5) is 28.0. The third-order valence-electron chi connectivity index (χ3n) is 6.06. The van der Waals surface area contributed by atoms with E-state index < -0.39 is 17.0 Å². The molecule has 1 atom stereocenters. The van der Waals surface area contributed by atoms with E-state index in [-0.39, 0.29) is 28.4 Å². The Kier molecular flexibility index (Phi) is 11.1. The Morgan fingerprint density at radius 1 is 0.818 bits per heavy atom. The van der Waals surface area contributed by atoms with Gasteiger partial charge in [-0.05, 0) is 80.2 Å². The predicted octanol–water partition coefficient (Wildman–Crippen LogP) is 5.15. The molecule has 0 saturated heterocycles. The van der Waals surface area contributed by atoms with Crippen molar-refractivity contribution in [1.29, 1.82) is 0 Å². The molecule has 2 amide bonds. The van der Waals surface area contributed by atoms with E-state index in [0.29, 0.717) is 19.6 Å². The largest absolute Gasteiger partial charge is 0.375 e. The van der Waals surface area contributed by atoms with E-state index in [0.717, 1.165) is 12.8 Å². The number of hydrogen-bond acceptors (Lipinski definition) is 4. The number of likely N-dealkylation sites (N-methyl/N-ethyl adjacent to an activating group) is 1. The van der Waals surface area contributed by atoms with Crippen LogP contribution in [-0.2, 0) is 14.3 Å². The van der Waals surface area contributed by atoms with Crippen molar-refractivity contribution in [2.24, 2.45) is 10.8 Å². The Hall–Kier alpha value is -1.14. The fourth-order valence-electron chi connectivity index (χ4n) is 2.93. The van der Waals surface area contributed by atoms with E-state index >= 15 is 0 Å². The first-order valence-electron chi connectivity index (χ1n) is 12.4. The number of nitrogens with one attached hydrogen (secondary N) is 2. The van der Waals surface area contributed by atoms with Crippen molar-refractivity contribution in [3.8, 4) is 0 Å². The van der Waals surface area contributed by atoms with Gasteiger partial charge in [0.2, 0.25) is 11.8 Å². The van der Waals surface area contributed by atoms with Gasteiger partial charge in [-0.15, -0.1) is 0 Å². The number of ether oxygens (including phenoxy) is 1. The monoisotopic (exact) mass is 469 g/mol. The van der Waals surface area contributed by atoms with Crippen LogP contribution in [0.3, 0.4) is 0 Å². The molecule has 0 aromatic heterocycles. The molecule has 0 aliphatic carbocycles. The molecule has 0 bridgehead atoms. The Labute approximate surface area is 205 Å². The topological polar surface area (TPSA) is 70.7 Å². The van der Waals surface area contributed by atoms with Crippen molar-refractivity contribution in [2.45, 2.75) is 132 Å². The molecule has 0 aromatic carbocycles. The van der Waals surface area contributed by atoms with Gasteiger partial charge in [0.15, 0.2) is 0 Å². The second kappa shape index (κ2) is 11.5. The summed E-state index contributed by atoms with van der Waals surface area (Å²) in [5.74, 6) is -0.299. The van der Waals surface area contributed by atoms with Crippen LogP contribution in [0.15, 0.2) is 0 Å². The normalized spacial score (nSPS) is 14.9. The van der Waals surface area contributed by atoms with Crippen LogP contribution in [0, 0.1) is 10.8 Å². The quantitative estimate of drug-likeness (QED) is 0.439. The molecular weight excluding hydrogens is 414 g/mol. The molecule has 2 N–H and O–H groups in total. The maximum absolute atomic E-state index is 13.3. The Bertz CT molecular complexity index is 634. The van der Waals surface area contributed by atoms with E-state index in [2.05, 4.69) is 70.9 Å². The molecule has 0 fully saturated rings. The molecule has 0 aliphatic heterocycles. The summed E-state index contributed by atoms with van der Waals surface area (Å²) in [6.45, 7) is 27.8. The van der Waals surface area contributed by atoms with Gasteiger partial charge < -0.3 is 15.4 Å². The van der Waals surface area contributed by atoms with Gasteiger partial charge in [0.05, 0.1) is 5.60 Å². The van der Waals surface area contributed by atoms with Gasteiger partial charge in [-0.25, -0.2) is 0 Å². The molecule has 33 heavy (non-hydrogen) atoms. The van der Waals surface area contributed by atoms with Gasteiger partial charge in [0.25, 0.3) is 0 Å². The summed E-state index contributed by atoms with van der Waals surface area (Å²) >= 11 is 0. The first kappa shape index (κ1) is 31.9. The van der Waals surface area contributed by atoms with Gasteiger partial charge in [-0.3, -0.25) is 14.5 Å². The van der Waals surface area contributed by atoms with Crippen LogP contribution in [0.25, 0.3) is 0 Å². The van der Waals surface area contributed by atoms with Crippen LogP contribution in [-0.4, -0.2) is 59.6 Å². The minimum atomic E-state index is -0.635. The van der Waals surface area contributed by atoms with Crippen LogP contribution in [0.2, 0.25) is 0 Å². The average molecular weight is 470 g/mol. The van der Waals surface area contributed by atoms with Crippen LogP contribution in [0.4, 0.5) is 0 Å². The Morgan fingerprint density at radius 3 is 1.76 bits per heavy atom. The highest BCUT2D eigenvalue weighted by Crippen LogP contribution is 2.28. The molecule has 0 spiro atoms. The van der Waals surface area contributed by atoms with E-state index in [1.54, 1.807) is 0 Å². The van der Waals surface area contributed by atoms with Crippen LogP contribution >= 0.6 is 0 Å². The second-order valence-corrected chi connectivity index (χ2v) is 14.1. The predicted molar refractivity (Wildman–Crippen MR) is 139 cm³/mol. The maximum atomic E-state index is 13.3. The number of hydrogen-bond donors (Lipinski definition) is 2. The fourth-order valence-corrected chi connectivity index (χ4v) is 2.93. The minimum absolute atomic E-state index is 0.118. The smallest absolute Gasteiger partial charge is 0.244 e. The van der Waals surface area contributed by atoms with Crippen LogP contribution < -0.4 is 10.6 Å². The highest BCUT2D eigenvalue weighted by Gasteiger charge is 2.33. The lowest BCUT2D eigenvalue weighted by Gasteiger charge is -2.37. The van der Waals surface area contributed by atoms with Crippen molar-refractivity contribution in [2.75, 3.05) is 20.2 Å². The highest BCUT2D eigenvalue weighted by atomic mass is 16.5. The molecule has 0 aliphatic rings. The lowest BCUT2D eigenvalue weighted by molar-refractivity contribution is -0.134. The molecule has 0 heterocycles. The molecule has 0 saturated carbocycles. The lowest BCUT2D eigenvalue weighted by Crippen LogP contribution is -2.59. The fraction of sp³-hybridized carbons (Fsp3) is 0.926. The van der Waals surface area contributed by atoms with Crippen LogP contribution in [0.5, 0.6) is 0 Å². The molecular formula is C27H55N3O3. The standard InChI is InChI=1S/C27H55N3O3/c1-23(2,3)15-16-27(12,13)33-18-17-26(10,11)29-21(31)20(19-30(14)25(7,8)9)28-22(32)24(4,5)6/h20H,15-19H2,1-14H3,(H,28,32)(H,29,31). The zero-order valence-corrected chi connectivity index (χ0v) is 24.3. The molecule has 6 nitrogen and oxygen atoms in total. The number of carbonyl (C=O) groups is 2. The molecule has 0 aromatic rings.